The van der Waals surface area contributed by atoms with Gasteiger partial charge < -0.3 is 4.55 Å². The highest BCUT2D eigenvalue weighted by Crippen LogP contribution is 2.06. The number of aromatic nitrogens is 2. The van der Waals surface area contributed by atoms with E-state index in [0.717, 1.165) is 12.8 Å². The summed E-state index contributed by atoms with van der Waals surface area (Å²) in [5.74, 6) is 0.546. The third kappa shape index (κ3) is 4.04. The summed E-state index contributed by atoms with van der Waals surface area (Å²) >= 11 is -1.11. The first-order valence-corrected chi connectivity index (χ1v) is 5.90. The Hall–Kier alpha value is -0.650. The maximum atomic E-state index is 11.5. The second kappa shape index (κ2) is 6.75. The predicted molar refractivity (Wildman–Crippen MR) is 52.7 cm³/mol. The van der Waals surface area contributed by atoms with Crippen LogP contribution in [-0.4, -0.2) is 26.9 Å². The highest BCUT2D eigenvalue weighted by Gasteiger charge is 2.12. The Morgan fingerprint density at radius 2 is 1.93 bits per heavy atom. The Morgan fingerprint density at radius 3 is 2.57 bits per heavy atom. The molecule has 1 heterocycles. The van der Waals surface area contributed by atoms with E-state index in [9.17, 15) is 9.66 Å². The van der Waals surface area contributed by atoms with Gasteiger partial charge in [-0.2, -0.15) is 9.97 Å². The topological polar surface area (TPSA) is 68.7 Å². The Kier molecular flexibility index (Phi) is 5.51. The minimum Gasteiger partial charge on any atom is -0.609 e. The molecule has 4 nitrogen and oxygen atoms in total. The van der Waals surface area contributed by atoms with E-state index in [4.69, 9.17) is 0 Å². The van der Waals surface area contributed by atoms with Crippen molar-refractivity contribution in [3.63, 3.8) is 0 Å². The van der Waals surface area contributed by atoms with Gasteiger partial charge in [0.1, 0.15) is 5.75 Å². The van der Waals surface area contributed by atoms with E-state index in [1.807, 2.05) is 0 Å². The molecule has 1 radical (unpaired) electrons. The lowest BCUT2D eigenvalue weighted by molar-refractivity contribution is 0.186. The van der Waals surface area contributed by atoms with Gasteiger partial charge in [0.25, 0.3) is 0 Å². The van der Waals surface area contributed by atoms with Crippen LogP contribution in [0.4, 0.5) is 0 Å². The van der Waals surface area contributed by atoms with Crippen LogP contribution in [0.2, 0.25) is 0 Å². The van der Waals surface area contributed by atoms with E-state index in [2.05, 4.69) is 9.97 Å². The summed E-state index contributed by atoms with van der Waals surface area (Å²) in [6.07, 6.45) is 5.46. The summed E-state index contributed by atoms with van der Waals surface area (Å²) in [5.41, 5.74) is 0. The van der Waals surface area contributed by atoms with Gasteiger partial charge in [0, 0.05) is 23.6 Å². The lowest BCUT2D eigenvalue weighted by Gasteiger charge is -2.06. The molecule has 0 aromatic carbocycles. The Labute approximate surface area is 86.6 Å². The summed E-state index contributed by atoms with van der Waals surface area (Å²) in [7, 11) is 0. The van der Waals surface area contributed by atoms with Crippen LogP contribution in [0.1, 0.15) is 19.3 Å². The predicted octanol–water partition coefficient (Wildman–Crippen LogP) is 1.19. The van der Waals surface area contributed by atoms with Gasteiger partial charge in [0.15, 0.2) is 0 Å². The molecule has 0 aliphatic rings. The van der Waals surface area contributed by atoms with E-state index in [-0.39, 0.29) is 6.61 Å². The van der Waals surface area contributed by atoms with Crippen LogP contribution in [0.15, 0.2) is 23.6 Å². The van der Waals surface area contributed by atoms with Crippen molar-refractivity contribution in [2.75, 3.05) is 12.4 Å². The van der Waals surface area contributed by atoms with Crippen molar-refractivity contribution in [3.05, 3.63) is 18.5 Å². The molecule has 0 saturated heterocycles. The molecule has 0 bridgehead atoms. The van der Waals surface area contributed by atoms with Gasteiger partial charge in [-0.15, -0.1) is 0 Å². The first kappa shape index (κ1) is 11.4. The molecular weight excluding hydrogens is 200 g/mol. The molecule has 1 rings (SSSR count). The average molecular weight is 213 g/mol. The first-order chi connectivity index (χ1) is 6.84. The molecule has 14 heavy (non-hydrogen) atoms. The number of rotatable bonds is 6. The van der Waals surface area contributed by atoms with Crippen molar-refractivity contribution in [1.82, 2.24) is 9.97 Å². The van der Waals surface area contributed by atoms with Crippen LogP contribution >= 0.6 is 0 Å². The number of nitrogens with zero attached hydrogens (tertiary/aromatic N) is 2. The molecule has 0 aliphatic heterocycles. The zero-order chi connectivity index (χ0) is 10.2. The molecule has 1 atom stereocenters. The van der Waals surface area contributed by atoms with Crippen LogP contribution in [0.5, 0.6) is 0 Å². The minimum absolute atomic E-state index is 0.0472. The zero-order valence-corrected chi connectivity index (χ0v) is 8.70. The molecule has 77 valence electrons. The first-order valence-electron chi connectivity index (χ1n) is 4.58. The molecule has 0 amide bonds. The lowest BCUT2D eigenvalue weighted by atomic mass is 10.3. The normalized spacial score (nSPS) is 12.7. The molecule has 0 aliphatic carbocycles. The minimum atomic E-state index is -1.11. The molecule has 0 fully saturated rings. The van der Waals surface area contributed by atoms with E-state index in [0.29, 0.717) is 17.3 Å². The van der Waals surface area contributed by atoms with Crippen LogP contribution < -0.4 is 0 Å². The third-order valence-electron chi connectivity index (χ3n) is 1.72. The fraction of sp³-hybridized carbons (Fsp3) is 0.556. The van der Waals surface area contributed by atoms with Gasteiger partial charge in [-0.3, -0.25) is 0 Å². The summed E-state index contributed by atoms with van der Waals surface area (Å²) in [6, 6.07) is 1.69. The van der Waals surface area contributed by atoms with Gasteiger partial charge >= 0.3 is 5.16 Å². The molecule has 1 aromatic heterocycles. The second-order valence-electron chi connectivity index (χ2n) is 2.85. The van der Waals surface area contributed by atoms with Crippen molar-refractivity contribution < 1.29 is 9.66 Å². The van der Waals surface area contributed by atoms with Crippen LogP contribution in [0, 0.1) is 0 Å². The quantitative estimate of drug-likeness (QED) is 0.405. The van der Waals surface area contributed by atoms with E-state index < -0.39 is 11.2 Å². The molecule has 1 unspecified atom stereocenters. The third-order valence-corrected chi connectivity index (χ3v) is 3.00. The van der Waals surface area contributed by atoms with Crippen molar-refractivity contribution in [2.24, 2.45) is 0 Å². The summed E-state index contributed by atoms with van der Waals surface area (Å²) in [6.45, 7) is -0.0472. The molecule has 0 spiro atoms. The smallest absolute Gasteiger partial charge is 0.342 e. The SMILES string of the molecule is [O]CCCCC[S+]([O-])c1ncccn1. The van der Waals surface area contributed by atoms with Gasteiger partial charge in [0.2, 0.25) is 0 Å². The average Bonchev–Trinajstić information content (AvgIpc) is 2.25. The summed E-state index contributed by atoms with van der Waals surface area (Å²) in [5, 5.41) is 10.5. The lowest BCUT2D eigenvalue weighted by Crippen LogP contribution is -2.10. The van der Waals surface area contributed by atoms with Crippen molar-refractivity contribution in [3.8, 4) is 0 Å². The number of hydrogen-bond acceptors (Lipinski definition) is 3. The fourth-order valence-electron chi connectivity index (χ4n) is 1.01. The Morgan fingerprint density at radius 1 is 1.21 bits per heavy atom. The van der Waals surface area contributed by atoms with E-state index in [1.165, 1.54) is 0 Å². The Bertz CT molecular complexity index is 246. The molecule has 1 aromatic rings. The van der Waals surface area contributed by atoms with E-state index >= 15 is 0 Å². The maximum absolute atomic E-state index is 11.5. The second-order valence-corrected chi connectivity index (χ2v) is 4.31. The molecule has 5 heteroatoms. The largest absolute Gasteiger partial charge is 0.609 e. The van der Waals surface area contributed by atoms with Gasteiger partial charge in [-0.25, -0.2) is 5.11 Å². The highest BCUT2D eigenvalue weighted by atomic mass is 32.2. The zero-order valence-electron chi connectivity index (χ0n) is 7.89. The monoisotopic (exact) mass is 213 g/mol. The summed E-state index contributed by atoms with van der Waals surface area (Å²) < 4.78 is 11.5. The van der Waals surface area contributed by atoms with Crippen molar-refractivity contribution in [2.45, 2.75) is 24.4 Å². The fourth-order valence-corrected chi connectivity index (χ4v) is 2.01. The highest BCUT2D eigenvalue weighted by molar-refractivity contribution is 7.91. The van der Waals surface area contributed by atoms with Gasteiger partial charge in [0.05, 0.1) is 6.61 Å². The maximum Gasteiger partial charge on any atom is 0.342 e. The van der Waals surface area contributed by atoms with Crippen LogP contribution in [0.3, 0.4) is 0 Å². The molecule has 0 saturated carbocycles. The van der Waals surface area contributed by atoms with Crippen molar-refractivity contribution >= 4 is 11.2 Å². The Balaban J connectivity index is 2.25. The molecule has 0 N–H and O–H groups in total. The number of unbranched alkanes of at least 4 members (excludes halogenated alkanes) is 2. The standard InChI is InChI=1S/C9H13N2O2S/c12-7-2-1-3-8-14(13)9-10-5-4-6-11-9/h4-6H,1-3,7-8H2. The van der Waals surface area contributed by atoms with Crippen LogP contribution in [-0.2, 0) is 16.3 Å². The van der Waals surface area contributed by atoms with Crippen molar-refractivity contribution in [1.29, 1.82) is 0 Å². The van der Waals surface area contributed by atoms with E-state index in [1.54, 1.807) is 18.5 Å². The summed E-state index contributed by atoms with van der Waals surface area (Å²) in [4.78, 5) is 7.81. The molecular formula is C9H13N2O2S. The number of hydrogen-bond donors (Lipinski definition) is 0. The van der Waals surface area contributed by atoms with Gasteiger partial charge in [-0.05, 0) is 25.3 Å². The van der Waals surface area contributed by atoms with Crippen LogP contribution in [0.25, 0.3) is 0 Å². The van der Waals surface area contributed by atoms with Gasteiger partial charge in [-0.1, -0.05) is 0 Å².